The quantitative estimate of drug-likeness (QED) is 0.291. The molecule has 0 unspecified atom stereocenters. The average molecular weight is 531 g/mol. The van der Waals surface area contributed by atoms with Gasteiger partial charge in [-0.3, -0.25) is 14.7 Å². The number of carbonyl (C=O) groups is 1. The molecule has 10 nitrogen and oxygen atoms in total. The number of nitrogens with zero attached hydrogens (tertiary/aromatic N) is 3. The van der Waals surface area contributed by atoms with Gasteiger partial charge < -0.3 is 28.7 Å². The smallest absolute Gasteiger partial charge is 0.273 e. The summed E-state index contributed by atoms with van der Waals surface area (Å²) in [6.45, 7) is 2.10. The summed E-state index contributed by atoms with van der Waals surface area (Å²) >= 11 is 0. The van der Waals surface area contributed by atoms with E-state index in [9.17, 15) is 4.79 Å². The van der Waals surface area contributed by atoms with Crippen molar-refractivity contribution in [3.63, 3.8) is 0 Å². The molecular weight excluding hydrogens is 500 g/mol. The molecule has 4 aromatic rings. The molecule has 0 fully saturated rings. The van der Waals surface area contributed by atoms with Gasteiger partial charge in [0.05, 0.1) is 20.8 Å². The van der Waals surface area contributed by atoms with Gasteiger partial charge in [0.1, 0.15) is 17.8 Å². The van der Waals surface area contributed by atoms with Gasteiger partial charge in [0, 0.05) is 43.5 Å². The van der Waals surface area contributed by atoms with Crippen LogP contribution in [-0.4, -0.2) is 48.3 Å². The number of hydrogen-bond acceptors (Lipinski definition) is 9. The number of fused-ring (bicyclic) bond motifs is 1. The summed E-state index contributed by atoms with van der Waals surface area (Å²) in [7, 11) is 3.27. The van der Waals surface area contributed by atoms with Crippen LogP contribution >= 0.6 is 0 Å². The van der Waals surface area contributed by atoms with Crippen molar-refractivity contribution in [2.75, 3.05) is 27.6 Å². The van der Waals surface area contributed by atoms with E-state index in [1.165, 1.54) is 6.26 Å². The summed E-state index contributed by atoms with van der Waals surface area (Å²) in [6.07, 6.45) is 3.75. The molecule has 39 heavy (non-hydrogen) atoms. The Morgan fingerprint density at radius 1 is 1.00 bits per heavy atom. The zero-order chi connectivity index (χ0) is 27.0. The zero-order valence-corrected chi connectivity index (χ0v) is 21.9. The van der Waals surface area contributed by atoms with E-state index in [0.29, 0.717) is 44.2 Å². The normalized spacial score (nSPS) is 12.0. The van der Waals surface area contributed by atoms with E-state index in [-0.39, 0.29) is 18.4 Å². The van der Waals surface area contributed by atoms with E-state index >= 15 is 0 Å². The van der Waals surface area contributed by atoms with Crippen LogP contribution in [0.1, 0.15) is 33.2 Å². The molecule has 2 aromatic heterocycles. The second kappa shape index (κ2) is 12.3. The fourth-order valence-electron chi connectivity index (χ4n) is 4.33. The summed E-state index contributed by atoms with van der Waals surface area (Å²) < 4.78 is 27.7. The number of amides is 1. The monoisotopic (exact) mass is 530 g/mol. The van der Waals surface area contributed by atoms with Gasteiger partial charge >= 0.3 is 0 Å². The number of oxazole rings is 1. The fourth-order valence-corrected chi connectivity index (χ4v) is 4.33. The second-order valence-corrected chi connectivity index (χ2v) is 8.96. The van der Waals surface area contributed by atoms with E-state index in [2.05, 4.69) is 20.2 Å². The lowest BCUT2D eigenvalue weighted by molar-refractivity contribution is 0.0949. The van der Waals surface area contributed by atoms with Gasteiger partial charge in [-0.15, -0.1) is 0 Å². The van der Waals surface area contributed by atoms with E-state index in [0.717, 1.165) is 34.1 Å². The highest BCUT2D eigenvalue weighted by atomic mass is 16.7. The van der Waals surface area contributed by atoms with Gasteiger partial charge in [0.25, 0.3) is 5.91 Å². The highest BCUT2D eigenvalue weighted by Crippen LogP contribution is 2.33. The number of carbonyl (C=O) groups excluding carboxylic acids is 1. The molecule has 2 aromatic carbocycles. The molecular formula is C29H30N4O6. The number of benzene rings is 2. The van der Waals surface area contributed by atoms with Crippen LogP contribution < -0.4 is 24.3 Å². The molecule has 0 atom stereocenters. The van der Waals surface area contributed by atoms with Crippen molar-refractivity contribution in [3.8, 4) is 23.0 Å². The van der Waals surface area contributed by atoms with Crippen molar-refractivity contribution in [2.45, 2.75) is 26.1 Å². The van der Waals surface area contributed by atoms with Gasteiger partial charge in [-0.25, -0.2) is 4.98 Å². The van der Waals surface area contributed by atoms with Crippen LogP contribution in [0.4, 0.5) is 0 Å². The first kappa shape index (κ1) is 26.1. The molecule has 0 aliphatic carbocycles. The number of pyridine rings is 1. The number of ether oxygens (including phenoxy) is 4. The fraction of sp³-hybridized carbons (Fsp3) is 0.276. The van der Waals surface area contributed by atoms with Crippen LogP contribution in [0.5, 0.6) is 23.0 Å². The molecule has 1 aliphatic heterocycles. The van der Waals surface area contributed by atoms with Crippen LogP contribution in [0.25, 0.3) is 0 Å². The molecule has 3 heterocycles. The SMILES string of the molecule is COc1ccc(OC)c(CN(Cc2ccc3c(c2)OCO3)Cc2nc(C(=O)NCCc3ccccn3)co2)c1. The van der Waals surface area contributed by atoms with E-state index in [1.54, 1.807) is 20.4 Å². The minimum atomic E-state index is -0.294. The number of rotatable bonds is 12. The first-order valence-corrected chi connectivity index (χ1v) is 12.6. The van der Waals surface area contributed by atoms with E-state index in [4.69, 9.17) is 23.4 Å². The predicted octanol–water partition coefficient (Wildman–Crippen LogP) is 3.99. The molecule has 0 radical (unpaired) electrons. The topological polar surface area (TPSA) is 108 Å². The summed E-state index contributed by atoms with van der Waals surface area (Å²) in [4.78, 5) is 23.5. The van der Waals surface area contributed by atoms with E-state index < -0.39 is 0 Å². The van der Waals surface area contributed by atoms with Crippen molar-refractivity contribution in [2.24, 2.45) is 0 Å². The van der Waals surface area contributed by atoms with Crippen molar-refractivity contribution >= 4 is 5.91 Å². The van der Waals surface area contributed by atoms with E-state index in [1.807, 2.05) is 54.6 Å². The third-order valence-corrected chi connectivity index (χ3v) is 6.26. The number of methoxy groups -OCH3 is 2. The minimum absolute atomic E-state index is 0.215. The lowest BCUT2D eigenvalue weighted by Crippen LogP contribution is -2.26. The van der Waals surface area contributed by atoms with Crippen LogP contribution in [-0.2, 0) is 26.1 Å². The minimum Gasteiger partial charge on any atom is -0.497 e. The van der Waals surface area contributed by atoms with Gasteiger partial charge in [0.2, 0.25) is 12.7 Å². The maximum Gasteiger partial charge on any atom is 0.273 e. The van der Waals surface area contributed by atoms with Crippen LogP contribution in [0.3, 0.4) is 0 Å². The Bertz CT molecular complexity index is 1410. The number of aromatic nitrogens is 2. The second-order valence-electron chi connectivity index (χ2n) is 8.96. The highest BCUT2D eigenvalue weighted by Gasteiger charge is 2.19. The maximum atomic E-state index is 12.7. The third-order valence-electron chi connectivity index (χ3n) is 6.26. The first-order valence-electron chi connectivity index (χ1n) is 12.6. The standard InChI is InChI=1S/C29H30N4O6/c1-35-23-7-9-25(36-2)21(14-23)16-33(15-20-6-8-26-27(13-20)39-19-38-26)17-28-32-24(18-37-28)29(34)31-12-10-22-5-3-4-11-30-22/h3-9,11,13-14,18H,10,12,15-17,19H2,1-2H3,(H,31,34). The van der Waals surface area contributed by atoms with Crippen LogP contribution in [0.2, 0.25) is 0 Å². The molecule has 1 N–H and O–H groups in total. The Morgan fingerprint density at radius 2 is 1.90 bits per heavy atom. The van der Waals surface area contributed by atoms with Crippen LogP contribution in [0, 0.1) is 0 Å². The third kappa shape index (κ3) is 6.66. The molecule has 0 spiro atoms. The predicted molar refractivity (Wildman–Crippen MR) is 142 cm³/mol. The Kier molecular flexibility index (Phi) is 8.23. The summed E-state index contributed by atoms with van der Waals surface area (Å²) in [5.74, 6) is 3.05. The van der Waals surface area contributed by atoms with Crippen LogP contribution in [0.15, 0.2) is 71.5 Å². The molecule has 1 aliphatic rings. The van der Waals surface area contributed by atoms with Crippen molar-refractivity contribution < 1.29 is 28.2 Å². The Balaban J connectivity index is 1.30. The molecule has 5 rings (SSSR count). The molecule has 202 valence electrons. The summed E-state index contributed by atoms with van der Waals surface area (Å²) in [5.41, 5.74) is 3.11. The van der Waals surface area contributed by atoms with Crippen molar-refractivity contribution in [3.05, 3.63) is 95.5 Å². The van der Waals surface area contributed by atoms with Gasteiger partial charge in [-0.1, -0.05) is 12.1 Å². The summed E-state index contributed by atoms with van der Waals surface area (Å²) in [6, 6.07) is 17.3. The molecule has 1 amide bonds. The number of nitrogens with one attached hydrogen (secondary N) is 1. The average Bonchev–Trinajstić information content (AvgIpc) is 3.63. The largest absolute Gasteiger partial charge is 0.497 e. The zero-order valence-electron chi connectivity index (χ0n) is 21.9. The molecule has 0 bridgehead atoms. The van der Waals surface area contributed by atoms with Gasteiger partial charge in [-0.05, 0) is 48.0 Å². The van der Waals surface area contributed by atoms with Crippen molar-refractivity contribution in [1.82, 2.24) is 20.2 Å². The first-order chi connectivity index (χ1) is 19.1. The Hall–Kier alpha value is -4.57. The molecule has 0 saturated heterocycles. The lowest BCUT2D eigenvalue weighted by atomic mass is 10.1. The van der Waals surface area contributed by atoms with Gasteiger partial charge in [-0.2, -0.15) is 0 Å². The summed E-state index contributed by atoms with van der Waals surface area (Å²) in [5, 5.41) is 2.87. The lowest BCUT2D eigenvalue weighted by Gasteiger charge is -2.22. The van der Waals surface area contributed by atoms with Crippen molar-refractivity contribution in [1.29, 1.82) is 0 Å². The Labute approximate surface area is 226 Å². The van der Waals surface area contributed by atoms with Gasteiger partial charge in [0.15, 0.2) is 17.2 Å². The molecule has 0 saturated carbocycles. The highest BCUT2D eigenvalue weighted by molar-refractivity contribution is 5.91. The molecule has 10 heteroatoms. The maximum absolute atomic E-state index is 12.7. The Morgan fingerprint density at radius 3 is 2.72 bits per heavy atom. The number of hydrogen-bond donors (Lipinski definition) is 1.